The Bertz CT molecular complexity index is 438. The van der Waals surface area contributed by atoms with E-state index < -0.39 is 0 Å². The van der Waals surface area contributed by atoms with Crippen LogP contribution < -0.4 is 15.2 Å². The molecule has 0 radical (unpaired) electrons. The predicted molar refractivity (Wildman–Crippen MR) is 81.2 cm³/mol. The first-order valence-corrected chi connectivity index (χ1v) is 7.31. The van der Waals surface area contributed by atoms with Crippen molar-refractivity contribution in [3.8, 4) is 11.5 Å². The Morgan fingerprint density at radius 2 is 2.10 bits per heavy atom. The zero-order valence-electron chi connectivity index (χ0n) is 12.9. The fraction of sp³-hybridized carbons (Fsp3) is 0.625. The first kappa shape index (κ1) is 15.1. The number of para-hydroxylation sites is 1. The number of hydrogen-bond acceptors (Lipinski definition) is 4. The van der Waals surface area contributed by atoms with E-state index in [0.717, 1.165) is 31.1 Å². The van der Waals surface area contributed by atoms with Crippen LogP contribution in [0.1, 0.15) is 26.3 Å². The Hall–Kier alpha value is -1.26. The highest BCUT2D eigenvalue weighted by atomic mass is 16.5. The minimum atomic E-state index is 0.129. The van der Waals surface area contributed by atoms with Gasteiger partial charge >= 0.3 is 0 Å². The highest BCUT2D eigenvalue weighted by molar-refractivity contribution is 5.46. The molecule has 1 fully saturated rings. The summed E-state index contributed by atoms with van der Waals surface area (Å²) >= 11 is 0. The summed E-state index contributed by atoms with van der Waals surface area (Å²) in [7, 11) is 1.68. The lowest BCUT2D eigenvalue weighted by Gasteiger charge is -2.21. The van der Waals surface area contributed by atoms with E-state index in [9.17, 15) is 0 Å². The smallest absolute Gasteiger partial charge is 0.166 e. The average Bonchev–Trinajstić information content (AvgIpc) is 2.70. The lowest BCUT2D eigenvalue weighted by Crippen LogP contribution is -2.28. The second-order valence-corrected chi connectivity index (χ2v) is 5.95. The molecule has 1 aromatic rings. The molecule has 2 N–H and O–H groups in total. The molecule has 0 bridgehead atoms. The second-order valence-electron chi connectivity index (χ2n) is 5.95. The van der Waals surface area contributed by atoms with Crippen molar-refractivity contribution in [2.45, 2.75) is 39.5 Å². The van der Waals surface area contributed by atoms with Crippen LogP contribution in [0, 0.1) is 5.92 Å². The molecule has 1 aromatic carbocycles. The Morgan fingerprint density at radius 1 is 1.35 bits per heavy atom. The van der Waals surface area contributed by atoms with Crippen molar-refractivity contribution in [1.29, 1.82) is 0 Å². The SMILES string of the molecule is COc1cccc(CN2CC(C)C(N)C2)c1OC(C)C. The minimum absolute atomic E-state index is 0.129. The molecule has 1 aliphatic heterocycles. The number of ether oxygens (including phenoxy) is 2. The third-order valence-corrected chi connectivity index (χ3v) is 3.77. The molecule has 2 atom stereocenters. The van der Waals surface area contributed by atoms with E-state index in [2.05, 4.69) is 17.9 Å². The molecule has 0 spiro atoms. The molecule has 112 valence electrons. The Balaban J connectivity index is 2.18. The number of nitrogens with two attached hydrogens (primary N) is 1. The molecular weight excluding hydrogens is 252 g/mol. The quantitative estimate of drug-likeness (QED) is 0.897. The van der Waals surface area contributed by atoms with Crippen LogP contribution in [0.25, 0.3) is 0 Å². The highest BCUT2D eigenvalue weighted by Gasteiger charge is 2.27. The summed E-state index contributed by atoms with van der Waals surface area (Å²) in [5.74, 6) is 2.21. The standard InChI is InChI=1S/C16H26N2O2/c1-11(2)20-16-13(6-5-7-15(16)19-4)9-18-8-12(3)14(17)10-18/h5-7,11-12,14H,8-10,17H2,1-4H3. The summed E-state index contributed by atoms with van der Waals surface area (Å²) in [5.41, 5.74) is 7.27. The third-order valence-electron chi connectivity index (χ3n) is 3.77. The molecule has 1 heterocycles. The molecule has 0 amide bonds. The number of rotatable bonds is 5. The lowest BCUT2D eigenvalue weighted by molar-refractivity contribution is 0.221. The molecule has 1 saturated heterocycles. The van der Waals surface area contributed by atoms with Gasteiger partial charge in [-0.2, -0.15) is 0 Å². The topological polar surface area (TPSA) is 47.7 Å². The van der Waals surface area contributed by atoms with Crippen molar-refractivity contribution < 1.29 is 9.47 Å². The maximum atomic E-state index is 6.10. The van der Waals surface area contributed by atoms with Crippen molar-refractivity contribution in [2.24, 2.45) is 11.7 Å². The summed E-state index contributed by atoms with van der Waals surface area (Å²) in [5, 5.41) is 0. The van der Waals surface area contributed by atoms with Crippen molar-refractivity contribution >= 4 is 0 Å². The molecule has 2 unspecified atom stereocenters. The van der Waals surface area contributed by atoms with Gasteiger partial charge in [0, 0.05) is 31.2 Å². The van der Waals surface area contributed by atoms with Crippen molar-refractivity contribution in [1.82, 2.24) is 4.90 Å². The van der Waals surface area contributed by atoms with Crippen molar-refractivity contribution in [2.75, 3.05) is 20.2 Å². The van der Waals surface area contributed by atoms with Gasteiger partial charge in [-0.3, -0.25) is 4.90 Å². The van der Waals surface area contributed by atoms with E-state index in [4.69, 9.17) is 15.2 Å². The Morgan fingerprint density at radius 3 is 2.65 bits per heavy atom. The lowest BCUT2D eigenvalue weighted by atomic mass is 10.1. The van der Waals surface area contributed by atoms with Gasteiger partial charge in [0.25, 0.3) is 0 Å². The van der Waals surface area contributed by atoms with Gasteiger partial charge in [0.15, 0.2) is 11.5 Å². The molecule has 0 aliphatic carbocycles. The second kappa shape index (κ2) is 6.46. The maximum Gasteiger partial charge on any atom is 0.166 e. The number of hydrogen-bond donors (Lipinski definition) is 1. The van der Waals surface area contributed by atoms with Crippen LogP contribution in [0.4, 0.5) is 0 Å². The molecule has 4 nitrogen and oxygen atoms in total. The fourth-order valence-electron chi connectivity index (χ4n) is 2.68. The van der Waals surface area contributed by atoms with Crippen LogP contribution in [0.3, 0.4) is 0 Å². The van der Waals surface area contributed by atoms with E-state index in [1.165, 1.54) is 5.56 Å². The van der Waals surface area contributed by atoms with Gasteiger partial charge in [0.2, 0.25) is 0 Å². The van der Waals surface area contributed by atoms with Crippen molar-refractivity contribution in [3.63, 3.8) is 0 Å². The molecule has 20 heavy (non-hydrogen) atoms. The Kier molecular flexibility index (Phi) is 4.89. The zero-order chi connectivity index (χ0) is 14.7. The highest BCUT2D eigenvalue weighted by Crippen LogP contribution is 2.33. The van der Waals surface area contributed by atoms with Crippen molar-refractivity contribution in [3.05, 3.63) is 23.8 Å². The van der Waals surface area contributed by atoms with Gasteiger partial charge in [-0.25, -0.2) is 0 Å². The number of likely N-dealkylation sites (tertiary alicyclic amines) is 1. The molecule has 0 aromatic heterocycles. The minimum Gasteiger partial charge on any atom is -0.493 e. The molecule has 2 rings (SSSR count). The summed E-state index contributed by atoms with van der Waals surface area (Å²) in [6, 6.07) is 6.34. The summed E-state index contributed by atoms with van der Waals surface area (Å²) in [6.45, 7) is 9.12. The van der Waals surface area contributed by atoms with Gasteiger partial charge in [-0.1, -0.05) is 19.1 Å². The van der Waals surface area contributed by atoms with Gasteiger partial charge < -0.3 is 15.2 Å². The van der Waals surface area contributed by atoms with E-state index in [1.54, 1.807) is 7.11 Å². The van der Waals surface area contributed by atoms with Gasteiger partial charge in [-0.05, 0) is 25.8 Å². The molecular formula is C16H26N2O2. The number of nitrogens with zero attached hydrogens (tertiary/aromatic N) is 1. The van der Waals surface area contributed by atoms with E-state index in [-0.39, 0.29) is 12.1 Å². The van der Waals surface area contributed by atoms with E-state index >= 15 is 0 Å². The van der Waals surface area contributed by atoms with Crippen LogP contribution in [0.2, 0.25) is 0 Å². The van der Waals surface area contributed by atoms with E-state index in [0.29, 0.717) is 5.92 Å². The summed E-state index contributed by atoms with van der Waals surface area (Å²) in [6.07, 6.45) is 0.129. The first-order chi connectivity index (χ1) is 9.51. The third kappa shape index (κ3) is 3.44. The average molecular weight is 278 g/mol. The molecule has 1 aliphatic rings. The molecule has 4 heteroatoms. The fourth-order valence-corrected chi connectivity index (χ4v) is 2.68. The summed E-state index contributed by atoms with van der Waals surface area (Å²) in [4.78, 5) is 2.39. The monoisotopic (exact) mass is 278 g/mol. The zero-order valence-corrected chi connectivity index (χ0v) is 12.9. The van der Waals surface area contributed by atoms with E-state index in [1.807, 2.05) is 26.0 Å². The predicted octanol–water partition coefficient (Wildman–Crippen LogP) is 2.26. The van der Waals surface area contributed by atoms with Crippen LogP contribution in [0.15, 0.2) is 18.2 Å². The molecule has 0 saturated carbocycles. The number of benzene rings is 1. The van der Waals surface area contributed by atoms with Gasteiger partial charge in [-0.15, -0.1) is 0 Å². The summed E-state index contributed by atoms with van der Waals surface area (Å²) < 4.78 is 11.4. The van der Waals surface area contributed by atoms with Crippen LogP contribution in [0.5, 0.6) is 11.5 Å². The Labute approximate surface area is 121 Å². The number of methoxy groups -OCH3 is 1. The van der Waals surface area contributed by atoms with Gasteiger partial charge in [0.1, 0.15) is 0 Å². The van der Waals surface area contributed by atoms with Crippen LogP contribution in [-0.4, -0.2) is 37.2 Å². The van der Waals surface area contributed by atoms with Crippen LogP contribution >= 0.6 is 0 Å². The maximum absolute atomic E-state index is 6.10. The largest absolute Gasteiger partial charge is 0.493 e. The van der Waals surface area contributed by atoms with Gasteiger partial charge in [0.05, 0.1) is 13.2 Å². The normalized spacial score (nSPS) is 23.3. The van der Waals surface area contributed by atoms with Crippen LogP contribution in [-0.2, 0) is 6.54 Å². The first-order valence-electron chi connectivity index (χ1n) is 7.31.